The summed E-state index contributed by atoms with van der Waals surface area (Å²) < 4.78 is 0. The molecule has 2 unspecified atom stereocenters. The first kappa shape index (κ1) is 23.8. The Bertz CT molecular complexity index is 1190. The number of hydrogen-bond donors (Lipinski definition) is 0. The summed E-state index contributed by atoms with van der Waals surface area (Å²) in [6.07, 6.45) is 1.54. The van der Waals surface area contributed by atoms with Gasteiger partial charge >= 0.3 is 0 Å². The van der Waals surface area contributed by atoms with Gasteiger partial charge in [-0.2, -0.15) is 0 Å². The van der Waals surface area contributed by atoms with Gasteiger partial charge in [0.25, 0.3) is 5.91 Å². The van der Waals surface area contributed by atoms with Crippen LogP contribution in [0.3, 0.4) is 0 Å². The van der Waals surface area contributed by atoms with Gasteiger partial charge in [-0.15, -0.1) is 11.3 Å². The van der Waals surface area contributed by atoms with Gasteiger partial charge in [0, 0.05) is 55.6 Å². The minimum Gasteiger partial charge on any atom is -0.339 e. The van der Waals surface area contributed by atoms with Crippen LogP contribution in [-0.2, 0) is 11.2 Å². The fourth-order valence-corrected chi connectivity index (χ4v) is 6.40. The summed E-state index contributed by atoms with van der Waals surface area (Å²) >= 11 is 1.85. The molecule has 1 aromatic heterocycles. The zero-order valence-corrected chi connectivity index (χ0v) is 21.3. The first-order valence-corrected chi connectivity index (χ1v) is 13.4. The molecule has 1 fully saturated rings. The molecule has 5 nitrogen and oxygen atoms in total. The molecule has 2 aromatic carbocycles. The lowest BCUT2D eigenvalue weighted by atomic mass is 9.90. The van der Waals surface area contributed by atoms with Gasteiger partial charge in [-0.05, 0) is 60.5 Å². The van der Waals surface area contributed by atoms with Gasteiger partial charge in [0.2, 0.25) is 5.91 Å². The minimum atomic E-state index is 0.00322. The number of aryl methyl sites for hydroxylation is 1. The van der Waals surface area contributed by atoms with E-state index in [1.807, 2.05) is 58.4 Å². The molecule has 1 saturated heterocycles. The molecule has 35 heavy (non-hydrogen) atoms. The molecule has 2 atom stereocenters. The molecule has 182 valence electrons. The molecule has 0 spiro atoms. The summed E-state index contributed by atoms with van der Waals surface area (Å²) in [4.78, 5) is 33.9. The number of nitrogens with zero attached hydrogens (tertiary/aromatic N) is 3. The zero-order chi connectivity index (χ0) is 24.4. The summed E-state index contributed by atoms with van der Waals surface area (Å²) in [7, 11) is 0. The number of thiophene rings is 1. The fourth-order valence-electron chi connectivity index (χ4n) is 5.50. The van der Waals surface area contributed by atoms with E-state index in [0.29, 0.717) is 31.6 Å². The number of rotatable bonds is 5. The quantitative estimate of drug-likeness (QED) is 0.521. The average Bonchev–Trinajstić information content (AvgIpc) is 3.36. The molecular formula is C29H33N3O2S. The molecule has 0 bridgehead atoms. The average molecular weight is 488 g/mol. The van der Waals surface area contributed by atoms with Gasteiger partial charge in [-0.1, -0.05) is 42.5 Å². The topological polar surface area (TPSA) is 43.9 Å². The van der Waals surface area contributed by atoms with Gasteiger partial charge in [-0.3, -0.25) is 14.5 Å². The maximum absolute atomic E-state index is 13.2. The van der Waals surface area contributed by atoms with Crippen LogP contribution in [-0.4, -0.2) is 65.3 Å². The number of carbonyl (C=O) groups is 2. The second-order valence-corrected chi connectivity index (χ2v) is 10.6. The van der Waals surface area contributed by atoms with Gasteiger partial charge < -0.3 is 9.80 Å². The predicted octanol–water partition coefficient (Wildman–Crippen LogP) is 4.77. The monoisotopic (exact) mass is 487 g/mol. The van der Waals surface area contributed by atoms with E-state index in [1.165, 1.54) is 21.6 Å². The number of carbonyl (C=O) groups excluding carboxylic acids is 2. The van der Waals surface area contributed by atoms with Crippen molar-refractivity contribution in [2.75, 3.05) is 32.7 Å². The van der Waals surface area contributed by atoms with Crippen LogP contribution < -0.4 is 0 Å². The Morgan fingerprint density at radius 3 is 2.49 bits per heavy atom. The lowest BCUT2D eigenvalue weighted by Crippen LogP contribution is -2.55. The summed E-state index contributed by atoms with van der Waals surface area (Å²) in [5.41, 5.74) is 4.73. The molecule has 0 saturated carbocycles. The molecule has 3 heterocycles. The Labute approximate surface area is 212 Å². The molecule has 2 aliphatic rings. The summed E-state index contributed by atoms with van der Waals surface area (Å²) in [5.74, 6) is 0.231. The van der Waals surface area contributed by atoms with Crippen LogP contribution in [0.4, 0.5) is 0 Å². The van der Waals surface area contributed by atoms with E-state index >= 15 is 0 Å². The van der Waals surface area contributed by atoms with Gasteiger partial charge in [0.1, 0.15) is 0 Å². The second-order valence-electron chi connectivity index (χ2n) is 9.65. The van der Waals surface area contributed by atoms with Crippen molar-refractivity contribution in [3.63, 3.8) is 0 Å². The SMILES string of the molecule is Cc1ccccc1C1c2ccsc2CCN1CCC(=O)N1CCN(C(=O)c2ccccc2)C(C)C1. The van der Waals surface area contributed by atoms with E-state index in [1.54, 1.807) is 0 Å². The Balaban J connectivity index is 1.23. The molecule has 0 aliphatic carbocycles. The number of fused-ring (bicyclic) bond motifs is 1. The molecule has 0 radical (unpaired) electrons. The highest BCUT2D eigenvalue weighted by molar-refractivity contribution is 7.10. The first-order chi connectivity index (χ1) is 17.0. The second kappa shape index (κ2) is 10.3. The van der Waals surface area contributed by atoms with Crippen LogP contribution in [0.25, 0.3) is 0 Å². The van der Waals surface area contributed by atoms with E-state index in [0.717, 1.165) is 19.5 Å². The van der Waals surface area contributed by atoms with Crippen molar-refractivity contribution in [2.45, 2.75) is 38.8 Å². The van der Waals surface area contributed by atoms with Crippen molar-refractivity contribution in [2.24, 2.45) is 0 Å². The Hall–Kier alpha value is -2.96. The van der Waals surface area contributed by atoms with E-state index < -0.39 is 0 Å². The Kier molecular flexibility index (Phi) is 7.02. The lowest BCUT2D eigenvalue weighted by molar-refractivity contribution is -0.134. The van der Waals surface area contributed by atoms with Crippen molar-refractivity contribution in [1.82, 2.24) is 14.7 Å². The third-order valence-electron chi connectivity index (χ3n) is 7.42. The summed E-state index contributed by atoms with van der Waals surface area (Å²) in [6, 6.07) is 20.5. The molecule has 2 aliphatic heterocycles. The van der Waals surface area contributed by atoms with Gasteiger partial charge in [-0.25, -0.2) is 0 Å². The highest BCUT2D eigenvalue weighted by Crippen LogP contribution is 2.38. The molecule has 6 heteroatoms. The summed E-state index contributed by atoms with van der Waals surface area (Å²) in [5, 5.41) is 2.20. The smallest absolute Gasteiger partial charge is 0.254 e. The van der Waals surface area contributed by atoms with Gasteiger partial charge in [0.15, 0.2) is 0 Å². The highest BCUT2D eigenvalue weighted by Gasteiger charge is 2.33. The van der Waals surface area contributed by atoms with Crippen molar-refractivity contribution in [3.8, 4) is 0 Å². The zero-order valence-electron chi connectivity index (χ0n) is 20.5. The minimum absolute atomic E-state index is 0.00322. The summed E-state index contributed by atoms with van der Waals surface area (Å²) in [6.45, 7) is 7.69. The van der Waals surface area contributed by atoms with Crippen molar-refractivity contribution < 1.29 is 9.59 Å². The molecule has 2 amide bonds. The third-order valence-corrected chi connectivity index (χ3v) is 8.42. The van der Waals surface area contributed by atoms with Gasteiger partial charge in [0.05, 0.1) is 6.04 Å². The fraction of sp³-hybridized carbons (Fsp3) is 0.379. The molecule has 3 aromatic rings. The van der Waals surface area contributed by atoms with Crippen LogP contribution in [0.2, 0.25) is 0 Å². The largest absolute Gasteiger partial charge is 0.339 e. The van der Waals surface area contributed by atoms with Crippen LogP contribution in [0.15, 0.2) is 66.0 Å². The highest BCUT2D eigenvalue weighted by atomic mass is 32.1. The normalized spacial score (nSPS) is 20.5. The van der Waals surface area contributed by atoms with E-state index in [9.17, 15) is 9.59 Å². The van der Waals surface area contributed by atoms with Crippen LogP contribution in [0, 0.1) is 6.92 Å². The maximum atomic E-state index is 13.2. The standard InChI is InChI=1S/C29H33N3O2S/c1-21-8-6-7-11-24(21)28-25-14-19-35-26(25)12-15-30(28)16-13-27(33)31-17-18-32(22(2)20-31)29(34)23-9-4-3-5-10-23/h3-11,14,19,22,28H,12-13,15-18,20H2,1-2H3. The number of piperazine rings is 1. The van der Waals surface area contributed by atoms with Crippen LogP contribution in [0.1, 0.15) is 51.3 Å². The van der Waals surface area contributed by atoms with E-state index in [2.05, 4.69) is 47.5 Å². The van der Waals surface area contributed by atoms with Crippen molar-refractivity contribution in [3.05, 3.63) is 93.2 Å². The molecule has 5 rings (SSSR count). The molecular weight excluding hydrogens is 454 g/mol. The Morgan fingerprint density at radius 2 is 1.71 bits per heavy atom. The number of amides is 2. The Morgan fingerprint density at radius 1 is 0.943 bits per heavy atom. The van der Waals surface area contributed by atoms with E-state index in [-0.39, 0.29) is 23.9 Å². The third kappa shape index (κ3) is 4.91. The van der Waals surface area contributed by atoms with Crippen molar-refractivity contribution in [1.29, 1.82) is 0 Å². The van der Waals surface area contributed by atoms with Crippen LogP contribution in [0.5, 0.6) is 0 Å². The lowest BCUT2D eigenvalue weighted by Gasteiger charge is -2.41. The molecule has 0 N–H and O–H groups in total. The van der Waals surface area contributed by atoms with Crippen LogP contribution >= 0.6 is 11.3 Å². The maximum Gasteiger partial charge on any atom is 0.254 e. The first-order valence-electron chi connectivity index (χ1n) is 12.5. The van der Waals surface area contributed by atoms with E-state index in [4.69, 9.17) is 0 Å². The number of benzene rings is 2. The predicted molar refractivity (Wildman–Crippen MR) is 141 cm³/mol. The number of hydrogen-bond acceptors (Lipinski definition) is 4. The van der Waals surface area contributed by atoms with Crippen molar-refractivity contribution >= 4 is 23.2 Å².